The van der Waals surface area contributed by atoms with Gasteiger partial charge in [0.15, 0.2) is 0 Å². The molecule has 1 aromatic carbocycles. The molecule has 3 heteroatoms. The third-order valence-corrected chi connectivity index (χ3v) is 3.06. The van der Waals surface area contributed by atoms with Gasteiger partial charge in [-0.05, 0) is 29.9 Å². The average Bonchev–Trinajstić information content (AvgIpc) is 3.15. The predicted octanol–water partition coefficient (Wildman–Crippen LogP) is 1.01. The molecule has 0 heterocycles. The number of rotatable bonds is 6. The van der Waals surface area contributed by atoms with Gasteiger partial charge < -0.3 is 15.5 Å². The van der Waals surface area contributed by atoms with Crippen molar-refractivity contribution in [2.45, 2.75) is 31.3 Å². The van der Waals surface area contributed by atoms with Crippen molar-refractivity contribution in [3.8, 4) is 0 Å². The Morgan fingerprint density at radius 3 is 2.25 bits per heavy atom. The average molecular weight is 221 g/mol. The molecule has 0 atom stereocenters. The molecular weight excluding hydrogens is 202 g/mol. The second-order valence-electron chi connectivity index (χ2n) is 4.46. The lowest BCUT2D eigenvalue weighted by molar-refractivity contribution is 0.170. The van der Waals surface area contributed by atoms with Gasteiger partial charge >= 0.3 is 0 Å². The SMILES string of the molecule is OCC(CO)NCc1ccc(C2CC2)cc1. The van der Waals surface area contributed by atoms with E-state index in [4.69, 9.17) is 10.2 Å². The molecule has 0 amide bonds. The van der Waals surface area contributed by atoms with E-state index in [0.29, 0.717) is 6.54 Å². The van der Waals surface area contributed by atoms with Gasteiger partial charge in [0.2, 0.25) is 0 Å². The fourth-order valence-electron chi connectivity index (χ4n) is 1.77. The van der Waals surface area contributed by atoms with Gasteiger partial charge in [-0.2, -0.15) is 0 Å². The molecule has 0 aliphatic heterocycles. The van der Waals surface area contributed by atoms with Gasteiger partial charge in [-0.25, -0.2) is 0 Å². The summed E-state index contributed by atoms with van der Waals surface area (Å²) in [4.78, 5) is 0. The molecule has 1 aliphatic rings. The van der Waals surface area contributed by atoms with Gasteiger partial charge in [-0.1, -0.05) is 24.3 Å². The van der Waals surface area contributed by atoms with Crippen LogP contribution in [0.5, 0.6) is 0 Å². The van der Waals surface area contributed by atoms with Crippen LogP contribution in [0.2, 0.25) is 0 Å². The summed E-state index contributed by atoms with van der Waals surface area (Å²) in [6.07, 6.45) is 2.66. The first kappa shape index (κ1) is 11.6. The molecule has 0 bridgehead atoms. The minimum atomic E-state index is -0.219. The monoisotopic (exact) mass is 221 g/mol. The quantitative estimate of drug-likeness (QED) is 0.672. The number of hydrogen-bond donors (Lipinski definition) is 3. The Kier molecular flexibility index (Phi) is 3.93. The van der Waals surface area contributed by atoms with Crippen molar-refractivity contribution in [3.05, 3.63) is 35.4 Å². The van der Waals surface area contributed by atoms with Crippen molar-refractivity contribution in [1.82, 2.24) is 5.32 Å². The second-order valence-corrected chi connectivity index (χ2v) is 4.46. The topological polar surface area (TPSA) is 52.5 Å². The Labute approximate surface area is 96.1 Å². The van der Waals surface area contributed by atoms with Gasteiger partial charge in [0.25, 0.3) is 0 Å². The van der Waals surface area contributed by atoms with E-state index in [0.717, 1.165) is 5.92 Å². The predicted molar refractivity (Wildman–Crippen MR) is 63.2 cm³/mol. The summed E-state index contributed by atoms with van der Waals surface area (Å²) in [5, 5.41) is 20.9. The fraction of sp³-hybridized carbons (Fsp3) is 0.538. The minimum absolute atomic E-state index is 0.0311. The number of aliphatic hydroxyl groups is 2. The number of nitrogens with one attached hydrogen (secondary N) is 1. The molecule has 1 aliphatic carbocycles. The lowest BCUT2D eigenvalue weighted by Crippen LogP contribution is -2.35. The van der Waals surface area contributed by atoms with E-state index in [-0.39, 0.29) is 19.3 Å². The van der Waals surface area contributed by atoms with E-state index in [1.54, 1.807) is 0 Å². The first-order chi connectivity index (χ1) is 7.83. The third-order valence-electron chi connectivity index (χ3n) is 3.06. The van der Waals surface area contributed by atoms with Gasteiger partial charge in [0, 0.05) is 6.54 Å². The van der Waals surface area contributed by atoms with Crippen molar-refractivity contribution in [2.24, 2.45) is 0 Å². The minimum Gasteiger partial charge on any atom is -0.395 e. The summed E-state index contributed by atoms with van der Waals surface area (Å²) >= 11 is 0. The maximum atomic E-state index is 8.91. The van der Waals surface area contributed by atoms with Crippen molar-refractivity contribution in [2.75, 3.05) is 13.2 Å². The smallest absolute Gasteiger partial charge is 0.0607 e. The fourth-order valence-corrected chi connectivity index (χ4v) is 1.77. The van der Waals surface area contributed by atoms with Gasteiger partial charge in [0.1, 0.15) is 0 Å². The highest BCUT2D eigenvalue weighted by atomic mass is 16.3. The molecule has 0 spiro atoms. The Hall–Kier alpha value is -0.900. The second kappa shape index (κ2) is 5.43. The van der Waals surface area contributed by atoms with E-state index in [9.17, 15) is 0 Å². The zero-order valence-electron chi connectivity index (χ0n) is 9.39. The van der Waals surface area contributed by atoms with Crippen molar-refractivity contribution < 1.29 is 10.2 Å². The van der Waals surface area contributed by atoms with Crippen LogP contribution in [0.4, 0.5) is 0 Å². The highest BCUT2D eigenvalue weighted by Crippen LogP contribution is 2.39. The molecular formula is C13H19NO2. The largest absolute Gasteiger partial charge is 0.395 e. The molecule has 88 valence electrons. The molecule has 0 radical (unpaired) electrons. The lowest BCUT2D eigenvalue weighted by Gasteiger charge is -2.13. The Morgan fingerprint density at radius 1 is 1.12 bits per heavy atom. The Morgan fingerprint density at radius 2 is 1.75 bits per heavy atom. The molecule has 3 nitrogen and oxygen atoms in total. The zero-order chi connectivity index (χ0) is 11.4. The van der Waals surface area contributed by atoms with Gasteiger partial charge in [-0.3, -0.25) is 0 Å². The van der Waals surface area contributed by atoms with E-state index in [1.165, 1.54) is 24.0 Å². The van der Waals surface area contributed by atoms with Crippen LogP contribution in [0.1, 0.15) is 29.9 Å². The van der Waals surface area contributed by atoms with Crippen LogP contribution in [-0.2, 0) is 6.54 Å². The third kappa shape index (κ3) is 3.04. The van der Waals surface area contributed by atoms with E-state index >= 15 is 0 Å². The van der Waals surface area contributed by atoms with Gasteiger partial charge in [-0.15, -0.1) is 0 Å². The first-order valence-corrected chi connectivity index (χ1v) is 5.87. The highest BCUT2D eigenvalue weighted by Gasteiger charge is 2.22. The molecule has 0 unspecified atom stereocenters. The van der Waals surface area contributed by atoms with Crippen molar-refractivity contribution >= 4 is 0 Å². The maximum Gasteiger partial charge on any atom is 0.0607 e. The zero-order valence-corrected chi connectivity index (χ0v) is 9.39. The summed E-state index contributed by atoms with van der Waals surface area (Å²) in [6, 6.07) is 8.38. The normalized spacial score (nSPS) is 15.7. The number of aliphatic hydroxyl groups excluding tert-OH is 2. The molecule has 1 saturated carbocycles. The van der Waals surface area contributed by atoms with Crippen LogP contribution in [0.15, 0.2) is 24.3 Å². The summed E-state index contributed by atoms with van der Waals surface area (Å²) in [7, 11) is 0. The number of benzene rings is 1. The standard InChI is InChI=1S/C13H19NO2/c15-8-13(9-16)14-7-10-1-3-11(4-2-10)12-5-6-12/h1-4,12-16H,5-9H2. The summed E-state index contributed by atoms with van der Waals surface area (Å²) < 4.78 is 0. The molecule has 0 aromatic heterocycles. The van der Waals surface area contributed by atoms with E-state index in [1.807, 2.05) is 0 Å². The first-order valence-electron chi connectivity index (χ1n) is 5.87. The number of hydrogen-bond acceptors (Lipinski definition) is 3. The molecule has 0 saturated heterocycles. The van der Waals surface area contributed by atoms with E-state index in [2.05, 4.69) is 29.6 Å². The van der Waals surface area contributed by atoms with Crippen LogP contribution in [0.25, 0.3) is 0 Å². The van der Waals surface area contributed by atoms with Crippen LogP contribution in [-0.4, -0.2) is 29.5 Å². The van der Waals surface area contributed by atoms with Crippen LogP contribution in [0, 0.1) is 0 Å². The van der Waals surface area contributed by atoms with Gasteiger partial charge in [0.05, 0.1) is 19.3 Å². The van der Waals surface area contributed by atoms with Crippen LogP contribution >= 0.6 is 0 Å². The summed E-state index contributed by atoms with van der Waals surface area (Å²) in [6.45, 7) is 0.629. The lowest BCUT2D eigenvalue weighted by atomic mass is 10.1. The van der Waals surface area contributed by atoms with Crippen LogP contribution in [0.3, 0.4) is 0 Å². The Balaban J connectivity index is 1.84. The summed E-state index contributed by atoms with van der Waals surface area (Å²) in [5.74, 6) is 0.796. The maximum absolute atomic E-state index is 8.91. The van der Waals surface area contributed by atoms with E-state index < -0.39 is 0 Å². The highest BCUT2D eigenvalue weighted by molar-refractivity contribution is 5.27. The molecule has 3 N–H and O–H groups in total. The van der Waals surface area contributed by atoms with Crippen molar-refractivity contribution in [1.29, 1.82) is 0 Å². The summed E-state index contributed by atoms with van der Waals surface area (Å²) in [5.41, 5.74) is 2.63. The van der Waals surface area contributed by atoms with Crippen molar-refractivity contribution in [3.63, 3.8) is 0 Å². The Bertz CT molecular complexity index is 315. The molecule has 1 fully saturated rings. The van der Waals surface area contributed by atoms with Crippen LogP contribution < -0.4 is 5.32 Å². The molecule has 16 heavy (non-hydrogen) atoms. The molecule has 2 rings (SSSR count). The molecule has 1 aromatic rings.